The molecule has 2 heterocycles. The quantitative estimate of drug-likeness (QED) is 0.693. The van der Waals surface area contributed by atoms with Crippen LogP contribution < -0.4 is 5.32 Å². The van der Waals surface area contributed by atoms with Gasteiger partial charge < -0.3 is 9.88 Å². The second kappa shape index (κ2) is 9.05. The molecular formula is C24H28N4O. The highest BCUT2D eigenvalue weighted by Gasteiger charge is 2.16. The molecule has 4 rings (SSSR count). The molecule has 0 saturated carbocycles. The van der Waals surface area contributed by atoms with Crippen molar-refractivity contribution in [2.24, 2.45) is 5.92 Å². The highest BCUT2D eigenvalue weighted by molar-refractivity contribution is 5.94. The van der Waals surface area contributed by atoms with Gasteiger partial charge in [0.25, 0.3) is 5.91 Å². The molecule has 1 amide bonds. The number of imidazole rings is 1. The van der Waals surface area contributed by atoms with E-state index in [-0.39, 0.29) is 5.91 Å². The van der Waals surface area contributed by atoms with Gasteiger partial charge in [0.1, 0.15) is 0 Å². The molecule has 0 spiro atoms. The van der Waals surface area contributed by atoms with Crippen LogP contribution >= 0.6 is 0 Å². The number of hydrogen-bond donors (Lipinski definition) is 1. The van der Waals surface area contributed by atoms with Crippen molar-refractivity contribution in [3.8, 4) is 5.69 Å². The second-order valence-corrected chi connectivity index (χ2v) is 8.00. The molecule has 1 fully saturated rings. The Hall–Kier alpha value is -2.92. The van der Waals surface area contributed by atoms with E-state index in [0.717, 1.165) is 23.7 Å². The number of nitrogens with one attached hydrogen (secondary N) is 1. The number of nitrogens with zero attached hydrogens (tertiary/aromatic N) is 3. The van der Waals surface area contributed by atoms with E-state index >= 15 is 0 Å². The van der Waals surface area contributed by atoms with E-state index in [1.54, 1.807) is 12.5 Å². The lowest BCUT2D eigenvalue weighted by molar-refractivity contribution is 0.0951. The number of benzene rings is 2. The maximum absolute atomic E-state index is 12.5. The zero-order valence-electron chi connectivity index (χ0n) is 16.9. The molecule has 2 aromatic carbocycles. The Morgan fingerprint density at radius 1 is 1.10 bits per heavy atom. The SMILES string of the molecule is CC1CCCN(Cc2ccc(C(=O)NCc3ccc(-n4ccnc4)cc3)cc2)C1. The van der Waals surface area contributed by atoms with Gasteiger partial charge in [-0.05, 0) is 60.7 Å². The van der Waals surface area contributed by atoms with Gasteiger partial charge in [-0.2, -0.15) is 0 Å². The van der Waals surface area contributed by atoms with Gasteiger partial charge in [0.05, 0.1) is 6.33 Å². The molecule has 29 heavy (non-hydrogen) atoms. The summed E-state index contributed by atoms with van der Waals surface area (Å²) in [5.41, 5.74) is 4.09. The zero-order valence-corrected chi connectivity index (χ0v) is 16.9. The Bertz CT molecular complexity index is 917. The molecule has 1 aromatic heterocycles. The van der Waals surface area contributed by atoms with Crippen molar-refractivity contribution in [1.29, 1.82) is 0 Å². The van der Waals surface area contributed by atoms with Crippen LogP contribution in [0.2, 0.25) is 0 Å². The first-order valence-electron chi connectivity index (χ1n) is 10.3. The fraction of sp³-hybridized carbons (Fsp3) is 0.333. The van der Waals surface area contributed by atoms with Crippen molar-refractivity contribution in [3.05, 3.63) is 83.9 Å². The van der Waals surface area contributed by atoms with Gasteiger partial charge in [-0.1, -0.05) is 31.2 Å². The highest BCUT2D eigenvalue weighted by Crippen LogP contribution is 2.18. The zero-order chi connectivity index (χ0) is 20.1. The Kier molecular flexibility index (Phi) is 6.06. The number of hydrogen-bond acceptors (Lipinski definition) is 3. The molecule has 1 N–H and O–H groups in total. The van der Waals surface area contributed by atoms with E-state index in [1.165, 1.54) is 31.5 Å². The van der Waals surface area contributed by atoms with Gasteiger partial charge in [0.2, 0.25) is 0 Å². The molecule has 5 heteroatoms. The molecular weight excluding hydrogens is 360 g/mol. The molecule has 1 atom stereocenters. The summed E-state index contributed by atoms with van der Waals surface area (Å²) >= 11 is 0. The summed E-state index contributed by atoms with van der Waals surface area (Å²) in [5, 5.41) is 3.01. The predicted octanol–water partition coefficient (Wildman–Crippen LogP) is 4.03. The highest BCUT2D eigenvalue weighted by atomic mass is 16.1. The van der Waals surface area contributed by atoms with Crippen molar-refractivity contribution in [2.45, 2.75) is 32.9 Å². The average molecular weight is 389 g/mol. The summed E-state index contributed by atoms with van der Waals surface area (Å²) in [6.45, 7) is 6.14. The molecule has 0 radical (unpaired) electrons. The lowest BCUT2D eigenvalue weighted by Gasteiger charge is -2.30. The van der Waals surface area contributed by atoms with Gasteiger partial charge in [-0.25, -0.2) is 4.98 Å². The topological polar surface area (TPSA) is 50.2 Å². The van der Waals surface area contributed by atoms with E-state index in [9.17, 15) is 4.79 Å². The third kappa shape index (κ3) is 5.12. The van der Waals surface area contributed by atoms with Crippen LogP contribution in [-0.2, 0) is 13.1 Å². The molecule has 3 aromatic rings. The minimum Gasteiger partial charge on any atom is -0.348 e. The summed E-state index contributed by atoms with van der Waals surface area (Å²) in [7, 11) is 0. The molecule has 0 bridgehead atoms. The largest absolute Gasteiger partial charge is 0.348 e. The van der Waals surface area contributed by atoms with Crippen LogP contribution in [-0.4, -0.2) is 33.4 Å². The average Bonchev–Trinajstić information content (AvgIpc) is 3.28. The van der Waals surface area contributed by atoms with Crippen molar-refractivity contribution >= 4 is 5.91 Å². The first-order valence-corrected chi connectivity index (χ1v) is 10.3. The van der Waals surface area contributed by atoms with Crippen LogP contribution in [0.1, 0.15) is 41.3 Å². The summed E-state index contributed by atoms with van der Waals surface area (Å²) in [4.78, 5) is 19.1. The predicted molar refractivity (Wildman–Crippen MR) is 115 cm³/mol. The number of amides is 1. The number of carbonyl (C=O) groups is 1. The summed E-state index contributed by atoms with van der Waals surface area (Å²) in [6.07, 6.45) is 8.05. The second-order valence-electron chi connectivity index (χ2n) is 8.00. The van der Waals surface area contributed by atoms with E-state index < -0.39 is 0 Å². The smallest absolute Gasteiger partial charge is 0.251 e. The Morgan fingerprint density at radius 3 is 2.55 bits per heavy atom. The normalized spacial score (nSPS) is 17.2. The molecule has 5 nitrogen and oxygen atoms in total. The maximum Gasteiger partial charge on any atom is 0.251 e. The van der Waals surface area contributed by atoms with Gasteiger partial charge in [0.15, 0.2) is 0 Å². The Morgan fingerprint density at radius 2 is 1.86 bits per heavy atom. The van der Waals surface area contributed by atoms with Crippen LogP contribution in [0.4, 0.5) is 0 Å². The molecule has 1 saturated heterocycles. The van der Waals surface area contributed by atoms with Crippen LogP contribution in [0.15, 0.2) is 67.3 Å². The van der Waals surface area contributed by atoms with Crippen LogP contribution in [0.3, 0.4) is 0 Å². The summed E-state index contributed by atoms with van der Waals surface area (Å²) in [5.74, 6) is 0.740. The lowest BCUT2D eigenvalue weighted by Crippen LogP contribution is -2.33. The van der Waals surface area contributed by atoms with Gasteiger partial charge in [0, 0.05) is 43.3 Å². The molecule has 150 valence electrons. The minimum atomic E-state index is -0.0400. The number of piperidine rings is 1. The van der Waals surface area contributed by atoms with Gasteiger partial charge in [-0.3, -0.25) is 9.69 Å². The van der Waals surface area contributed by atoms with E-state index in [0.29, 0.717) is 12.1 Å². The van der Waals surface area contributed by atoms with Gasteiger partial charge >= 0.3 is 0 Å². The van der Waals surface area contributed by atoms with Gasteiger partial charge in [-0.15, -0.1) is 0 Å². The first-order chi connectivity index (χ1) is 14.2. The van der Waals surface area contributed by atoms with Crippen molar-refractivity contribution < 1.29 is 4.79 Å². The Labute approximate surface area is 172 Å². The van der Waals surface area contributed by atoms with Crippen molar-refractivity contribution in [2.75, 3.05) is 13.1 Å². The molecule has 1 aliphatic heterocycles. The van der Waals surface area contributed by atoms with E-state index in [2.05, 4.69) is 34.3 Å². The third-order valence-corrected chi connectivity index (χ3v) is 5.56. The van der Waals surface area contributed by atoms with Crippen molar-refractivity contribution in [3.63, 3.8) is 0 Å². The standard InChI is InChI=1S/C24H28N4O/c1-19-3-2-13-27(16-19)17-21-4-8-22(9-5-21)24(29)26-15-20-6-10-23(11-7-20)28-14-12-25-18-28/h4-12,14,18-19H,2-3,13,15-17H2,1H3,(H,26,29). The van der Waals surface area contributed by atoms with E-state index in [4.69, 9.17) is 0 Å². The Balaban J connectivity index is 1.29. The molecule has 0 aliphatic carbocycles. The maximum atomic E-state index is 12.5. The number of likely N-dealkylation sites (tertiary alicyclic amines) is 1. The van der Waals surface area contributed by atoms with Crippen LogP contribution in [0.25, 0.3) is 5.69 Å². The van der Waals surface area contributed by atoms with Crippen molar-refractivity contribution in [1.82, 2.24) is 19.8 Å². The van der Waals surface area contributed by atoms with Crippen LogP contribution in [0, 0.1) is 5.92 Å². The monoisotopic (exact) mass is 388 g/mol. The third-order valence-electron chi connectivity index (χ3n) is 5.56. The lowest BCUT2D eigenvalue weighted by atomic mass is 9.99. The number of rotatable bonds is 6. The number of carbonyl (C=O) groups excluding carboxylic acids is 1. The summed E-state index contributed by atoms with van der Waals surface area (Å²) < 4.78 is 1.95. The van der Waals surface area contributed by atoms with Crippen LogP contribution in [0.5, 0.6) is 0 Å². The fourth-order valence-corrected chi connectivity index (χ4v) is 3.93. The van der Waals surface area contributed by atoms with E-state index in [1.807, 2.05) is 47.2 Å². The molecule has 1 unspecified atom stereocenters. The minimum absolute atomic E-state index is 0.0400. The summed E-state index contributed by atoms with van der Waals surface area (Å²) in [6, 6.07) is 16.1. The molecule has 1 aliphatic rings. The number of aromatic nitrogens is 2. The fourth-order valence-electron chi connectivity index (χ4n) is 3.93. The first kappa shape index (κ1) is 19.4.